The maximum atomic E-state index is 11.1. The number of benzene rings is 1. The summed E-state index contributed by atoms with van der Waals surface area (Å²) in [6, 6.07) is 8.90. The van der Waals surface area contributed by atoms with Crippen molar-refractivity contribution in [2.45, 2.75) is 53.9 Å². The first-order chi connectivity index (χ1) is 11.2. The van der Waals surface area contributed by atoms with E-state index in [1.807, 2.05) is 40.7 Å². The predicted octanol–water partition coefficient (Wildman–Crippen LogP) is 4.77. The van der Waals surface area contributed by atoms with E-state index >= 15 is 0 Å². The van der Waals surface area contributed by atoms with Crippen LogP contribution in [0.1, 0.15) is 59.4 Å². The SMILES string of the molecule is CC.CC.O=[C-]c1ccccc1.[CH2-]CCC([CH2-])C(=O)NCCC.[Y+3]. The van der Waals surface area contributed by atoms with Gasteiger partial charge in [-0.15, -0.1) is 12.1 Å². The molecule has 0 saturated carbocycles. The third-order valence-electron chi connectivity index (χ3n) is 2.36. The quantitative estimate of drug-likeness (QED) is 0.688. The molecule has 1 aromatic rings. The average molecular weight is 409 g/mol. The van der Waals surface area contributed by atoms with Crippen LogP contribution < -0.4 is 5.32 Å². The number of carbonyl (C=O) groups is 1. The molecule has 0 radical (unpaired) electrons. The van der Waals surface area contributed by atoms with E-state index in [1.165, 1.54) is 0 Å². The van der Waals surface area contributed by atoms with Gasteiger partial charge in [-0.2, -0.15) is 24.1 Å². The first-order valence-electron chi connectivity index (χ1n) is 8.48. The fourth-order valence-electron chi connectivity index (χ4n) is 1.28. The maximum absolute atomic E-state index is 11.1. The molecule has 4 heteroatoms. The van der Waals surface area contributed by atoms with Crippen LogP contribution in [0.5, 0.6) is 0 Å². The first-order valence-corrected chi connectivity index (χ1v) is 8.48. The van der Waals surface area contributed by atoms with Gasteiger partial charge in [-0.05, 0) is 6.42 Å². The molecule has 134 valence electrons. The molecule has 0 aromatic heterocycles. The molecule has 0 aliphatic carbocycles. The Morgan fingerprint density at radius 2 is 1.67 bits per heavy atom. The molecule has 0 spiro atoms. The van der Waals surface area contributed by atoms with Gasteiger partial charge in [0.2, 0.25) is 0 Å². The van der Waals surface area contributed by atoms with E-state index in [9.17, 15) is 9.59 Å². The summed E-state index contributed by atoms with van der Waals surface area (Å²) >= 11 is 0. The predicted molar refractivity (Wildman–Crippen MR) is 101 cm³/mol. The Labute approximate surface area is 175 Å². The fraction of sp³-hybridized carbons (Fsp3) is 0.500. The van der Waals surface area contributed by atoms with E-state index in [4.69, 9.17) is 0 Å². The summed E-state index contributed by atoms with van der Waals surface area (Å²) in [6.07, 6.45) is 4.30. The molecule has 0 saturated heterocycles. The zero-order valence-electron chi connectivity index (χ0n) is 16.1. The van der Waals surface area contributed by atoms with Crippen molar-refractivity contribution in [1.82, 2.24) is 5.32 Å². The third kappa shape index (κ3) is 21.5. The molecule has 0 bridgehead atoms. The standard InChI is InChI=1S/C9H17NO.C7H5O.2C2H6.Y/c1-4-6-8(3)9(11)10-7-5-2;8-6-7-4-2-1-3-5-7;2*1-2;/h8H,1,3-7H2,2H3,(H,10,11);1-5H;2*1-2H3;/q-2;-1;;;+3. The van der Waals surface area contributed by atoms with Crippen molar-refractivity contribution in [2.24, 2.45) is 5.92 Å². The summed E-state index contributed by atoms with van der Waals surface area (Å²) in [5, 5.41) is 2.79. The molecule has 3 nitrogen and oxygen atoms in total. The summed E-state index contributed by atoms with van der Waals surface area (Å²) < 4.78 is 0. The minimum absolute atomic E-state index is 0. The van der Waals surface area contributed by atoms with Crippen molar-refractivity contribution >= 4 is 12.2 Å². The van der Waals surface area contributed by atoms with E-state index < -0.39 is 0 Å². The zero-order valence-corrected chi connectivity index (χ0v) is 18.9. The van der Waals surface area contributed by atoms with Crippen molar-refractivity contribution in [3.63, 3.8) is 0 Å². The van der Waals surface area contributed by atoms with Gasteiger partial charge >= 0.3 is 32.7 Å². The molecule has 0 fully saturated rings. The number of hydrogen-bond acceptors (Lipinski definition) is 2. The van der Waals surface area contributed by atoms with Gasteiger partial charge in [0.15, 0.2) is 5.91 Å². The third-order valence-corrected chi connectivity index (χ3v) is 2.36. The normalized spacial score (nSPS) is 9.12. The van der Waals surface area contributed by atoms with Gasteiger partial charge in [-0.3, -0.25) is 4.79 Å². The van der Waals surface area contributed by atoms with Crippen LogP contribution in [-0.2, 0) is 42.3 Å². The van der Waals surface area contributed by atoms with E-state index in [0.717, 1.165) is 25.8 Å². The van der Waals surface area contributed by atoms with Gasteiger partial charge in [0.25, 0.3) is 0 Å². The molecular weight excluding hydrogens is 375 g/mol. The number of hydrogen-bond donors (Lipinski definition) is 1. The second-order valence-corrected chi connectivity index (χ2v) is 4.10. The van der Waals surface area contributed by atoms with Crippen LogP contribution in [0.3, 0.4) is 0 Å². The van der Waals surface area contributed by atoms with Crippen LogP contribution in [0.4, 0.5) is 0 Å². The molecule has 1 N–H and O–H groups in total. The Bertz CT molecular complexity index is 356. The number of carbonyl (C=O) groups excluding carboxylic acids is 2. The summed E-state index contributed by atoms with van der Waals surface area (Å²) in [7, 11) is 0. The smallest absolute Gasteiger partial charge is 0.376 e. The Balaban J connectivity index is -0.000000136. The van der Waals surface area contributed by atoms with E-state index in [1.54, 1.807) is 30.6 Å². The Kier molecular flexibility index (Phi) is 35.6. The second kappa shape index (κ2) is 27.3. The molecule has 0 heterocycles. The van der Waals surface area contributed by atoms with E-state index in [0.29, 0.717) is 5.56 Å². The van der Waals surface area contributed by atoms with Gasteiger partial charge in [-0.1, -0.05) is 53.0 Å². The minimum atomic E-state index is -0.126. The second-order valence-electron chi connectivity index (χ2n) is 4.10. The van der Waals surface area contributed by atoms with Crippen LogP contribution >= 0.6 is 0 Å². The Hall–Kier alpha value is -0.536. The summed E-state index contributed by atoms with van der Waals surface area (Å²) in [6.45, 7) is 18.2. The zero-order chi connectivity index (χ0) is 18.5. The van der Waals surface area contributed by atoms with Crippen molar-refractivity contribution in [2.75, 3.05) is 6.54 Å². The van der Waals surface area contributed by atoms with Gasteiger partial charge in [0, 0.05) is 6.54 Å². The summed E-state index contributed by atoms with van der Waals surface area (Å²) in [4.78, 5) is 21.0. The summed E-state index contributed by atoms with van der Waals surface area (Å²) in [5.74, 6) is -0.0745. The van der Waals surface area contributed by atoms with Crippen LogP contribution in [0, 0.1) is 19.8 Å². The van der Waals surface area contributed by atoms with Crippen molar-refractivity contribution in [3.8, 4) is 0 Å². The van der Waals surface area contributed by atoms with Crippen molar-refractivity contribution in [3.05, 3.63) is 49.7 Å². The molecule has 0 aliphatic rings. The van der Waals surface area contributed by atoms with Gasteiger partial charge in [0.1, 0.15) is 0 Å². The molecule has 1 rings (SSSR count). The first kappa shape index (κ1) is 31.3. The Morgan fingerprint density at radius 1 is 1.17 bits per heavy atom. The fourth-order valence-corrected chi connectivity index (χ4v) is 1.28. The largest absolute Gasteiger partial charge is 3.00 e. The van der Waals surface area contributed by atoms with Crippen LogP contribution in [0.15, 0.2) is 30.3 Å². The van der Waals surface area contributed by atoms with Crippen LogP contribution in [-0.4, -0.2) is 18.7 Å². The van der Waals surface area contributed by atoms with Gasteiger partial charge in [0.05, 0.1) is 6.29 Å². The molecule has 1 aromatic carbocycles. The number of amides is 1. The van der Waals surface area contributed by atoms with Gasteiger partial charge in [-0.25, -0.2) is 0 Å². The Morgan fingerprint density at radius 3 is 2.00 bits per heavy atom. The van der Waals surface area contributed by atoms with Crippen LogP contribution in [0.2, 0.25) is 0 Å². The number of rotatable bonds is 6. The molecule has 0 aliphatic heterocycles. The molecule has 1 unspecified atom stereocenters. The van der Waals surface area contributed by atoms with Crippen molar-refractivity contribution < 1.29 is 42.3 Å². The average Bonchev–Trinajstić information content (AvgIpc) is 2.64. The summed E-state index contributed by atoms with van der Waals surface area (Å²) in [5.41, 5.74) is 0.604. The van der Waals surface area contributed by atoms with E-state index in [-0.39, 0.29) is 44.5 Å². The monoisotopic (exact) mass is 409 g/mol. The van der Waals surface area contributed by atoms with Crippen LogP contribution in [0.25, 0.3) is 0 Å². The number of nitrogens with one attached hydrogen (secondary N) is 1. The molecular formula is C20H34NO2Y. The topological polar surface area (TPSA) is 46.2 Å². The maximum Gasteiger partial charge on any atom is 3.00 e. The molecule has 1 amide bonds. The van der Waals surface area contributed by atoms with Crippen molar-refractivity contribution in [1.29, 1.82) is 0 Å². The molecule has 24 heavy (non-hydrogen) atoms. The molecule has 1 atom stereocenters. The van der Waals surface area contributed by atoms with E-state index in [2.05, 4.69) is 19.2 Å². The minimum Gasteiger partial charge on any atom is -0.376 e. The van der Waals surface area contributed by atoms with Gasteiger partial charge < -0.3 is 24.0 Å².